The van der Waals surface area contributed by atoms with Crippen molar-refractivity contribution in [2.24, 2.45) is 0 Å². The Morgan fingerprint density at radius 2 is 2.12 bits per heavy atom. The van der Waals surface area contributed by atoms with Crippen LogP contribution >= 0.6 is 0 Å². The van der Waals surface area contributed by atoms with Gasteiger partial charge in [-0.25, -0.2) is 9.67 Å². The number of pyridine rings is 1. The maximum atomic E-state index is 12.8. The van der Waals surface area contributed by atoms with Crippen LogP contribution in [0.1, 0.15) is 59.5 Å². The second kappa shape index (κ2) is 5.99. The number of nitrogens with one attached hydrogen (secondary N) is 1. The van der Waals surface area contributed by atoms with Gasteiger partial charge in [-0.1, -0.05) is 24.3 Å². The Balaban J connectivity index is 1.64. The Morgan fingerprint density at radius 1 is 1.32 bits per heavy atom. The molecule has 1 amide bonds. The van der Waals surface area contributed by atoms with Crippen LogP contribution in [0.4, 0.5) is 0 Å². The molecule has 1 aliphatic rings. The van der Waals surface area contributed by atoms with Crippen molar-refractivity contribution in [3.8, 4) is 0 Å². The normalized spacial score (nSPS) is 16.4. The van der Waals surface area contributed by atoms with E-state index in [2.05, 4.69) is 47.4 Å². The average molecular weight is 334 g/mol. The molecule has 0 saturated heterocycles. The van der Waals surface area contributed by atoms with E-state index in [1.807, 2.05) is 23.7 Å². The molecule has 1 aliphatic carbocycles. The van der Waals surface area contributed by atoms with E-state index in [0.29, 0.717) is 5.56 Å². The fourth-order valence-electron chi connectivity index (χ4n) is 3.62. The van der Waals surface area contributed by atoms with E-state index in [4.69, 9.17) is 0 Å². The van der Waals surface area contributed by atoms with E-state index >= 15 is 0 Å². The zero-order valence-corrected chi connectivity index (χ0v) is 14.8. The topological polar surface area (TPSA) is 59.8 Å². The summed E-state index contributed by atoms with van der Waals surface area (Å²) in [5.41, 5.74) is 4.75. The molecule has 5 heteroatoms. The van der Waals surface area contributed by atoms with Gasteiger partial charge in [-0.15, -0.1) is 0 Å². The number of carbonyl (C=O) groups is 1. The van der Waals surface area contributed by atoms with Crippen LogP contribution in [0, 0.1) is 6.92 Å². The fraction of sp³-hybridized carbons (Fsp3) is 0.350. The van der Waals surface area contributed by atoms with Crippen LogP contribution in [0.15, 0.2) is 36.5 Å². The summed E-state index contributed by atoms with van der Waals surface area (Å²) in [4.78, 5) is 17.5. The molecule has 0 radical (unpaired) electrons. The van der Waals surface area contributed by atoms with Gasteiger partial charge in [0.05, 0.1) is 23.5 Å². The molecular weight excluding hydrogens is 312 g/mol. The molecule has 0 aliphatic heterocycles. The summed E-state index contributed by atoms with van der Waals surface area (Å²) < 4.78 is 1.89. The number of aryl methyl sites for hydroxylation is 2. The first kappa shape index (κ1) is 15.8. The number of rotatable bonds is 3. The van der Waals surface area contributed by atoms with Crippen molar-refractivity contribution in [2.75, 3.05) is 0 Å². The third kappa shape index (κ3) is 2.69. The molecule has 128 valence electrons. The third-order valence-corrected chi connectivity index (χ3v) is 4.93. The van der Waals surface area contributed by atoms with Crippen molar-refractivity contribution < 1.29 is 4.79 Å². The first-order chi connectivity index (χ1) is 12.0. The summed E-state index contributed by atoms with van der Waals surface area (Å²) in [6.45, 7) is 6.03. The molecule has 0 spiro atoms. The first-order valence-corrected chi connectivity index (χ1v) is 8.78. The lowest BCUT2D eigenvalue weighted by atomic mass is 10.1. The minimum absolute atomic E-state index is 0.0640. The zero-order chi connectivity index (χ0) is 17.6. The number of fused-ring (bicyclic) bond motifs is 2. The van der Waals surface area contributed by atoms with Crippen molar-refractivity contribution in [3.63, 3.8) is 0 Å². The standard InChI is InChI=1S/C20H22N4O/c1-12(2)24-19-15(11-21-24)10-17(13(3)22-19)20(25)23-18-9-8-14-6-4-5-7-16(14)18/h4-7,10-12,18H,8-9H2,1-3H3,(H,23,25). The Labute approximate surface area is 147 Å². The van der Waals surface area contributed by atoms with Gasteiger partial charge >= 0.3 is 0 Å². The van der Waals surface area contributed by atoms with Crippen LogP contribution in [0.3, 0.4) is 0 Å². The van der Waals surface area contributed by atoms with E-state index in [-0.39, 0.29) is 18.0 Å². The molecule has 1 unspecified atom stereocenters. The highest BCUT2D eigenvalue weighted by Gasteiger charge is 2.25. The monoisotopic (exact) mass is 334 g/mol. The van der Waals surface area contributed by atoms with Crippen molar-refractivity contribution in [1.29, 1.82) is 0 Å². The van der Waals surface area contributed by atoms with E-state index in [1.54, 1.807) is 6.20 Å². The lowest BCUT2D eigenvalue weighted by molar-refractivity contribution is 0.0936. The second-order valence-electron chi connectivity index (χ2n) is 6.98. The number of amides is 1. The SMILES string of the molecule is Cc1nc2c(cnn2C(C)C)cc1C(=O)NC1CCc2ccccc21. The van der Waals surface area contributed by atoms with Crippen molar-refractivity contribution in [1.82, 2.24) is 20.1 Å². The smallest absolute Gasteiger partial charge is 0.253 e. The van der Waals surface area contributed by atoms with Crippen LogP contribution in [-0.4, -0.2) is 20.7 Å². The highest BCUT2D eigenvalue weighted by Crippen LogP contribution is 2.31. The fourth-order valence-corrected chi connectivity index (χ4v) is 3.62. The maximum absolute atomic E-state index is 12.8. The van der Waals surface area contributed by atoms with Gasteiger partial charge in [0.25, 0.3) is 5.91 Å². The Kier molecular flexibility index (Phi) is 3.79. The maximum Gasteiger partial charge on any atom is 0.253 e. The van der Waals surface area contributed by atoms with Crippen LogP contribution in [-0.2, 0) is 6.42 Å². The lowest BCUT2D eigenvalue weighted by Gasteiger charge is -2.15. The molecule has 1 N–H and O–H groups in total. The van der Waals surface area contributed by atoms with E-state index in [9.17, 15) is 4.79 Å². The molecule has 2 heterocycles. The number of benzene rings is 1. The molecule has 4 rings (SSSR count). The highest BCUT2D eigenvalue weighted by atomic mass is 16.1. The number of carbonyl (C=O) groups excluding carboxylic acids is 1. The van der Waals surface area contributed by atoms with E-state index in [1.165, 1.54) is 11.1 Å². The minimum Gasteiger partial charge on any atom is -0.345 e. The largest absolute Gasteiger partial charge is 0.345 e. The molecule has 1 atom stereocenters. The Morgan fingerprint density at radius 3 is 2.92 bits per heavy atom. The third-order valence-electron chi connectivity index (χ3n) is 4.93. The molecular formula is C20H22N4O. The van der Waals surface area contributed by atoms with Gasteiger partial charge in [0.1, 0.15) is 0 Å². The molecule has 0 saturated carbocycles. The Hall–Kier alpha value is -2.69. The van der Waals surface area contributed by atoms with Gasteiger partial charge in [0.2, 0.25) is 0 Å². The first-order valence-electron chi connectivity index (χ1n) is 8.78. The Bertz CT molecular complexity index is 957. The molecule has 25 heavy (non-hydrogen) atoms. The molecule has 1 aromatic carbocycles. The van der Waals surface area contributed by atoms with Gasteiger partial charge in [-0.2, -0.15) is 5.10 Å². The number of hydrogen-bond acceptors (Lipinski definition) is 3. The summed E-state index contributed by atoms with van der Waals surface area (Å²) in [6, 6.07) is 10.5. The van der Waals surface area contributed by atoms with Crippen LogP contribution in [0.25, 0.3) is 11.0 Å². The van der Waals surface area contributed by atoms with Crippen LogP contribution < -0.4 is 5.32 Å². The number of aromatic nitrogens is 3. The van der Waals surface area contributed by atoms with Gasteiger partial charge in [-0.3, -0.25) is 4.79 Å². The summed E-state index contributed by atoms with van der Waals surface area (Å²) in [6.07, 6.45) is 3.74. The summed E-state index contributed by atoms with van der Waals surface area (Å²) in [5, 5.41) is 8.47. The highest BCUT2D eigenvalue weighted by molar-refractivity contribution is 5.98. The molecule has 0 bridgehead atoms. The van der Waals surface area contributed by atoms with Gasteiger partial charge in [0.15, 0.2) is 5.65 Å². The van der Waals surface area contributed by atoms with Gasteiger partial charge < -0.3 is 5.32 Å². The number of nitrogens with zero attached hydrogens (tertiary/aromatic N) is 3. The summed E-state index contributed by atoms with van der Waals surface area (Å²) >= 11 is 0. The quantitative estimate of drug-likeness (QED) is 0.794. The average Bonchev–Trinajstić information content (AvgIpc) is 3.18. The van der Waals surface area contributed by atoms with Crippen LogP contribution in [0.5, 0.6) is 0 Å². The summed E-state index contributed by atoms with van der Waals surface area (Å²) in [5.74, 6) is -0.0640. The zero-order valence-electron chi connectivity index (χ0n) is 14.8. The predicted octanol–water partition coefficient (Wildman–Crippen LogP) is 3.74. The van der Waals surface area contributed by atoms with Crippen LogP contribution in [0.2, 0.25) is 0 Å². The van der Waals surface area contributed by atoms with Crippen molar-refractivity contribution >= 4 is 16.9 Å². The molecule has 2 aromatic heterocycles. The minimum atomic E-state index is -0.0640. The number of hydrogen-bond donors (Lipinski definition) is 1. The van der Waals surface area contributed by atoms with Crippen molar-refractivity contribution in [3.05, 3.63) is 58.9 Å². The molecule has 3 aromatic rings. The van der Waals surface area contributed by atoms with Crippen molar-refractivity contribution in [2.45, 2.75) is 45.7 Å². The van der Waals surface area contributed by atoms with Gasteiger partial charge in [0, 0.05) is 11.4 Å². The summed E-state index contributed by atoms with van der Waals surface area (Å²) in [7, 11) is 0. The molecule has 5 nitrogen and oxygen atoms in total. The van der Waals surface area contributed by atoms with E-state index < -0.39 is 0 Å². The lowest BCUT2D eigenvalue weighted by Crippen LogP contribution is -2.28. The second-order valence-corrected chi connectivity index (χ2v) is 6.98. The van der Waals surface area contributed by atoms with Gasteiger partial charge in [-0.05, 0) is 50.8 Å². The predicted molar refractivity (Wildman–Crippen MR) is 97.6 cm³/mol. The molecule has 0 fully saturated rings. The van der Waals surface area contributed by atoms with E-state index in [0.717, 1.165) is 29.6 Å².